The average Bonchev–Trinajstić information content (AvgIpc) is 3.04. The first-order chi connectivity index (χ1) is 11.4. The van der Waals surface area contributed by atoms with Gasteiger partial charge in [-0.3, -0.25) is 9.67 Å². The molecule has 24 heavy (non-hydrogen) atoms. The Bertz CT molecular complexity index is 726. The summed E-state index contributed by atoms with van der Waals surface area (Å²) in [7, 11) is 0. The summed E-state index contributed by atoms with van der Waals surface area (Å²) in [5.74, 6) is 0.140. The SMILES string of the molecule is Cc1nn(CC(C)C)c(Cl)c1C1CCCN1c1c(F)cncc1Br. The Morgan fingerprint density at radius 1 is 1.42 bits per heavy atom. The third-order valence-electron chi connectivity index (χ3n) is 4.35. The van der Waals surface area contributed by atoms with Gasteiger partial charge in [-0.2, -0.15) is 5.10 Å². The van der Waals surface area contributed by atoms with Gasteiger partial charge in [-0.25, -0.2) is 4.39 Å². The smallest absolute Gasteiger partial charge is 0.165 e. The minimum Gasteiger partial charge on any atom is -0.361 e. The van der Waals surface area contributed by atoms with E-state index in [4.69, 9.17) is 11.6 Å². The summed E-state index contributed by atoms with van der Waals surface area (Å²) < 4.78 is 16.9. The van der Waals surface area contributed by atoms with E-state index >= 15 is 0 Å². The minimum atomic E-state index is -0.320. The van der Waals surface area contributed by atoms with Crippen molar-refractivity contribution in [1.29, 1.82) is 0 Å². The van der Waals surface area contributed by atoms with Gasteiger partial charge in [0.25, 0.3) is 0 Å². The van der Waals surface area contributed by atoms with Gasteiger partial charge >= 0.3 is 0 Å². The van der Waals surface area contributed by atoms with Crippen molar-refractivity contribution in [1.82, 2.24) is 14.8 Å². The predicted molar refractivity (Wildman–Crippen MR) is 98.0 cm³/mol. The Kier molecular flexibility index (Phi) is 5.16. The van der Waals surface area contributed by atoms with E-state index in [0.29, 0.717) is 21.2 Å². The lowest BCUT2D eigenvalue weighted by molar-refractivity contribution is 0.481. The molecule has 1 unspecified atom stereocenters. The van der Waals surface area contributed by atoms with Crippen molar-refractivity contribution in [3.63, 3.8) is 0 Å². The van der Waals surface area contributed by atoms with E-state index in [1.807, 2.05) is 11.6 Å². The number of nitrogens with zero attached hydrogens (tertiary/aromatic N) is 4. The van der Waals surface area contributed by atoms with Crippen LogP contribution in [0.4, 0.5) is 10.1 Å². The molecule has 2 aromatic rings. The Morgan fingerprint density at radius 3 is 2.83 bits per heavy atom. The molecule has 0 radical (unpaired) electrons. The summed E-state index contributed by atoms with van der Waals surface area (Å²) in [5.41, 5.74) is 2.49. The van der Waals surface area contributed by atoms with Crippen molar-refractivity contribution >= 4 is 33.2 Å². The Hall–Kier alpha value is -1.14. The van der Waals surface area contributed by atoms with Crippen LogP contribution in [0.1, 0.15) is 44.0 Å². The Labute approximate surface area is 155 Å². The van der Waals surface area contributed by atoms with Crippen LogP contribution in [0.5, 0.6) is 0 Å². The van der Waals surface area contributed by atoms with Gasteiger partial charge in [0.05, 0.1) is 28.1 Å². The van der Waals surface area contributed by atoms with Gasteiger partial charge in [0.2, 0.25) is 0 Å². The zero-order chi connectivity index (χ0) is 17.4. The van der Waals surface area contributed by atoms with Gasteiger partial charge < -0.3 is 4.90 Å². The van der Waals surface area contributed by atoms with Gasteiger partial charge in [0.1, 0.15) is 5.15 Å². The van der Waals surface area contributed by atoms with Crippen molar-refractivity contribution in [2.45, 2.75) is 46.2 Å². The number of anilines is 1. The molecular weight excluding hydrogens is 395 g/mol. The van der Waals surface area contributed by atoms with Crippen molar-refractivity contribution in [2.24, 2.45) is 5.92 Å². The van der Waals surface area contributed by atoms with E-state index in [1.54, 1.807) is 6.20 Å². The molecule has 0 aromatic carbocycles. The molecule has 1 fully saturated rings. The molecule has 3 rings (SSSR count). The van der Waals surface area contributed by atoms with Crippen LogP contribution in [0.25, 0.3) is 0 Å². The maximum Gasteiger partial charge on any atom is 0.165 e. The first kappa shape index (κ1) is 17.7. The summed E-state index contributed by atoms with van der Waals surface area (Å²) in [6.45, 7) is 7.82. The molecule has 0 N–H and O–H groups in total. The Morgan fingerprint density at radius 2 is 2.17 bits per heavy atom. The fourth-order valence-electron chi connectivity index (χ4n) is 3.43. The van der Waals surface area contributed by atoms with E-state index in [1.165, 1.54) is 6.20 Å². The fourth-order valence-corrected chi connectivity index (χ4v) is 4.33. The highest BCUT2D eigenvalue weighted by Gasteiger charge is 2.34. The molecule has 130 valence electrons. The van der Waals surface area contributed by atoms with Crippen LogP contribution in [0.15, 0.2) is 16.9 Å². The number of rotatable bonds is 4. The normalized spacial score (nSPS) is 18.0. The lowest BCUT2D eigenvalue weighted by atomic mass is 10.1. The van der Waals surface area contributed by atoms with Crippen LogP contribution in [0.3, 0.4) is 0 Å². The lowest BCUT2D eigenvalue weighted by Gasteiger charge is -2.28. The number of halogens is 3. The second-order valence-corrected chi connectivity index (χ2v) is 7.88. The van der Waals surface area contributed by atoms with E-state index in [-0.39, 0.29) is 11.9 Å². The molecule has 1 aliphatic rings. The largest absolute Gasteiger partial charge is 0.361 e. The molecule has 0 amide bonds. The van der Waals surface area contributed by atoms with Crippen molar-refractivity contribution in [3.05, 3.63) is 39.1 Å². The molecule has 1 saturated heterocycles. The molecule has 3 heterocycles. The molecule has 0 bridgehead atoms. The monoisotopic (exact) mass is 414 g/mol. The molecule has 4 nitrogen and oxygen atoms in total. The molecule has 0 saturated carbocycles. The topological polar surface area (TPSA) is 34.0 Å². The Balaban J connectivity index is 2.01. The summed E-state index contributed by atoms with van der Waals surface area (Å²) in [6.07, 6.45) is 4.81. The van der Waals surface area contributed by atoms with E-state index < -0.39 is 0 Å². The van der Waals surface area contributed by atoms with Gasteiger partial charge in [0.15, 0.2) is 5.82 Å². The predicted octanol–water partition coefficient (Wildman–Crippen LogP) is 5.14. The second-order valence-electron chi connectivity index (χ2n) is 6.67. The van der Waals surface area contributed by atoms with Crippen LogP contribution in [0.2, 0.25) is 5.15 Å². The third kappa shape index (κ3) is 3.18. The van der Waals surface area contributed by atoms with E-state index in [0.717, 1.165) is 37.2 Å². The van der Waals surface area contributed by atoms with Crippen LogP contribution in [0, 0.1) is 18.7 Å². The number of aromatic nitrogens is 3. The zero-order valence-electron chi connectivity index (χ0n) is 14.1. The molecule has 7 heteroatoms. The van der Waals surface area contributed by atoms with Crippen molar-refractivity contribution in [2.75, 3.05) is 11.4 Å². The standard InChI is InChI=1S/C17H21BrClFN4/c1-10(2)9-24-17(19)15(11(3)22-24)14-5-4-6-23(14)16-12(18)7-21-8-13(16)20/h7-8,10,14H,4-6,9H2,1-3H3. The minimum absolute atomic E-state index is 0.0339. The van der Waals surface area contributed by atoms with Gasteiger partial charge in [0, 0.05) is 24.8 Å². The number of pyridine rings is 1. The number of aryl methyl sites for hydroxylation is 1. The molecule has 2 aromatic heterocycles. The van der Waals surface area contributed by atoms with Crippen LogP contribution >= 0.6 is 27.5 Å². The fraction of sp³-hybridized carbons (Fsp3) is 0.529. The molecule has 0 aliphatic carbocycles. The third-order valence-corrected chi connectivity index (χ3v) is 5.33. The lowest BCUT2D eigenvalue weighted by Crippen LogP contribution is -2.24. The molecule has 1 aliphatic heterocycles. The zero-order valence-corrected chi connectivity index (χ0v) is 16.4. The quantitative estimate of drug-likeness (QED) is 0.693. The van der Waals surface area contributed by atoms with Gasteiger partial charge in [-0.05, 0) is 41.6 Å². The summed E-state index contributed by atoms with van der Waals surface area (Å²) in [5, 5.41) is 5.28. The van der Waals surface area contributed by atoms with Gasteiger partial charge in [-0.1, -0.05) is 25.4 Å². The van der Waals surface area contributed by atoms with Crippen LogP contribution in [-0.2, 0) is 6.54 Å². The van der Waals surface area contributed by atoms with Crippen molar-refractivity contribution < 1.29 is 4.39 Å². The van der Waals surface area contributed by atoms with E-state index in [9.17, 15) is 4.39 Å². The highest BCUT2D eigenvalue weighted by atomic mass is 79.9. The van der Waals surface area contributed by atoms with Gasteiger partial charge in [-0.15, -0.1) is 0 Å². The summed E-state index contributed by atoms with van der Waals surface area (Å²) in [6, 6.07) is 0.0339. The summed E-state index contributed by atoms with van der Waals surface area (Å²) >= 11 is 10.1. The second kappa shape index (κ2) is 7.00. The first-order valence-corrected chi connectivity index (χ1v) is 9.35. The van der Waals surface area contributed by atoms with Crippen molar-refractivity contribution in [3.8, 4) is 0 Å². The molecular formula is C17H21BrClFN4. The maximum atomic E-state index is 14.4. The highest BCUT2D eigenvalue weighted by Crippen LogP contribution is 2.43. The first-order valence-electron chi connectivity index (χ1n) is 8.18. The van der Waals surface area contributed by atoms with E-state index in [2.05, 4.69) is 44.8 Å². The molecule has 0 spiro atoms. The average molecular weight is 416 g/mol. The maximum absolute atomic E-state index is 14.4. The number of hydrogen-bond acceptors (Lipinski definition) is 3. The van der Waals surface area contributed by atoms with Crippen LogP contribution < -0.4 is 4.90 Å². The molecule has 1 atom stereocenters. The van der Waals surface area contributed by atoms with Crippen LogP contribution in [-0.4, -0.2) is 21.3 Å². The summed E-state index contributed by atoms with van der Waals surface area (Å²) in [4.78, 5) is 5.97. The number of hydrogen-bond donors (Lipinski definition) is 0. The highest BCUT2D eigenvalue weighted by molar-refractivity contribution is 9.10.